The van der Waals surface area contributed by atoms with Crippen molar-refractivity contribution in [1.29, 1.82) is 0 Å². The van der Waals surface area contributed by atoms with Crippen molar-refractivity contribution in [2.75, 3.05) is 42.9 Å². The molecule has 0 atom stereocenters. The number of anilines is 2. The number of piperidine rings is 2. The molecule has 2 fully saturated rings. The van der Waals surface area contributed by atoms with E-state index in [1.165, 1.54) is 11.4 Å². The second-order valence-electron chi connectivity index (χ2n) is 8.54. The maximum absolute atomic E-state index is 12.2. The quantitative estimate of drug-likeness (QED) is 0.803. The molecule has 0 saturated carbocycles. The average Bonchev–Trinajstić information content (AvgIpc) is 2.67. The molecule has 0 bridgehead atoms. The van der Waals surface area contributed by atoms with Crippen LogP contribution in [-0.4, -0.2) is 54.7 Å². The second-order valence-corrected chi connectivity index (χ2v) is 8.54. The lowest BCUT2D eigenvalue weighted by Crippen LogP contribution is -2.40. The Morgan fingerprint density at radius 3 is 2.44 bits per heavy atom. The molecule has 0 aliphatic carbocycles. The standard InChI is InChI=1S/C22H35N3O2/c1-17(2)15-22(27)25-11-7-18(8-12-25)16-23-20-5-3-4-6-21(20)24-13-9-19(26)10-14-24/h3-6,17-19,23,26H,7-16H2,1-2H3. The van der Waals surface area contributed by atoms with E-state index in [-0.39, 0.29) is 6.10 Å². The minimum absolute atomic E-state index is 0.148. The van der Waals surface area contributed by atoms with Crippen LogP contribution in [0.5, 0.6) is 0 Å². The zero-order chi connectivity index (χ0) is 19.2. The molecule has 5 nitrogen and oxygen atoms in total. The lowest BCUT2D eigenvalue weighted by molar-refractivity contribution is -0.133. The van der Waals surface area contributed by atoms with Gasteiger partial charge in [0.2, 0.25) is 5.91 Å². The van der Waals surface area contributed by atoms with E-state index in [1.54, 1.807) is 0 Å². The third kappa shape index (κ3) is 5.61. The van der Waals surface area contributed by atoms with Crippen LogP contribution in [0, 0.1) is 11.8 Å². The van der Waals surface area contributed by atoms with Crippen molar-refractivity contribution in [3.05, 3.63) is 24.3 Å². The Hall–Kier alpha value is -1.75. The van der Waals surface area contributed by atoms with Crippen molar-refractivity contribution < 1.29 is 9.90 Å². The monoisotopic (exact) mass is 373 g/mol. The number of nitrogens with one attached hydrogen (secondary N) is 1. The van der Waals surface area contributed by atoms with Crippen LogP contribution in [0.4, 0.5) is 11.4 Å². The molecule has 1 amide bonds. The Bertz CT molecular complexity index is 603. The van der Waals surface area contributed by atoms with Crippen LogP contribution in [0.3, 0.4) is 0 Å². The van der Waals surface area contributed by atoms with Crippen LogP contribution in [0.2, 0.25) is 0 Å². The predicted molar refractivity (Wildman–Crippen MR) is 111 cm³/mol. The summed E-state index contributed by atoms with van der Waals surface area (Å²) >= 11 is 0. The van der Waals surface area contributed by atoms with Crippen molar-refractivity contribution in [1.82, 2.24) is 4.90 Å². The van der Waals surface area contributed by atoms with Gasteiger partial charge in [-0.05, 0) is 49.7 Å². The van der Waals surface area contributed by atoms with Crippen molar-refractivity contribution >= 4 is 17.3 Å². The van der Waals surface area contributed by atoms with Gasteiger partial charge in [0.15, 0.2) is 0 Å². The summed E-state index contributed by atoms with van der Waals surface area (Å²) in [7, 11) is 0. The van der Waals surface area contributed by atoms with Crippen molar-refractivity contribution in [2.24, 2.45) is 11.8 Å². The van der Waals surface area contributed by atoms with Crippen LogP contribution in [0.25, 0.3) is 0 Å². The third-order valence-electron chi connectivity index (χ3n) is 5.84. The summed E-state index contributed by atoms with van der Waals surface area (Å²) in [5, 5.41) is 13.4. The van der Waals surface area contributed by atoms with Crippen LogP contribution < -0.4 is 10.2 Å². The molecular weight excluding hydrogens is 338 g/mol. The van der Waals surface area contributed by atoms with E-state index in [2.05, 4.69) is 48.3 Å². The molecule has 5 heteroatoms. The summed E-state index contributed by atoms with van der Waals surface area (Å²) in [4.78, 5) is 16.6. The largest absolute Gasteiger partial charge is 0.393 e. The van der Waals surface area contributed by atoms with Gasteiger partial charge in [-0.2, -0.15) is 0 Å². The lowest BCUT2D eigenvalue weighted by atomic mass is 9.96. The molecule has 150 valence electrons. The first-order valence-corrected chi connectivity index (χ1v) is 10.6. The van der Waals surface area contributed by atoms with E-state index < -0.39 is 0 Å². The van der Waals surface area contributed by atoms with Crippen molar-refractivity contribution in [3.8, 4) is 0 Å². The molecule has 2 heterocycles. The van der Waals surface area contributed by atoms with Gasteiger partial charge in [-0.15, -0.1) is 0 Å². The van der Waals surface area contributed by atoms with Crippen LogP contribution in [-0.2, 0) is 4.79 Å². The molecule has 1 aromatic rings. The lowest BCUT2D eigenvalue weighted by Gasteiger charge is -2.34. The van der Waals surface area contributed by atoms with Crippen LogP contribution in [0.1, 0.15) is 46.0 Å². The minimum Gasteiger partial charge on any atom is -0.393 e. The number of amides is 1. The topological polar surface area (TPSA) is 55.8 Å². The number of aliphatic hydroxyl groups is 1. The molecule has 0 aromatic heterocycles. The van der Waals surface area contributed by atoms with E-state index in [0.29, 0.717) is 24.2 Å². The molecule has 0 radical (unpaired) electrons. The van der Waals surface area contributed by atoms with Gasteiger partial charge >= 0.3 is 0 Å². The number of hydrogen-bond donors (Lipinski definition) is 2. The summed E-state index contributed by atoms with van der Waals surface area (Å²) < 4.78 is 0. The fourth-order valence-electron chi connectivity index (χ4n) is 4.12. The van der Waals surface area contributed by atoms with E-state index in [1.807, 2.05) is 4.90 Å². The second kappa shape index (κ2) is 9.45. The molecule has 2 saturated heterocycles. The maximum Gasteiger partial charge on any atom is 0.222 e. The number of likely N-dealkylation sites (tertiary alicyclic amines) is 1. The molecule has 1 aromatic carbocycles. The Balaban J connectivity index is 1.49. The van der Waals surface area contributed by atoms with Crippen LogP contribution >= 0.6 is 0 Å². The van der Waals surface area contributed by atoms with Gasteiger partial charge in [-0.3, -0.25) is 4.79 Å². The summed E-state index contributed by atoms with van der Waals surface area (Å²) in [5.74, 6) is 1.36. The number of carbonyl (C=O) groups is 1. The van der Waals surface area contributed by atoms with Gasteiger partial charge in [0, 0.05) is 39.1 Å². The first-order valence-electron chi connectivity index (χ1n) is 10.6. The maximum atomic E-state index is 12.2. The highest BCUT2D eigenvalue weighted by Crippen LogP contribution is 2.29. The fraction of sp³-hybridized carbons (Fsp3) is 0.682. The summed E-state index contributed by atoms with van der Waals surface area (Å²) in [6.45, 7) is 8.78. The molecule has 0 unspecified atom stereocenters. The fourth-order valence-corrected chi connectivity index (χ4v) is 4.12. The van der Waals surface area contributed by atoms with Gasteiger partial charge in [0.1, 0.15) is 0 Å². The highest BCUT2D eigenvalue weighted by atomic mass is 16.3. The first-order chi connectivity index (χ1) is 13.0. The number of hydrogen-bond acceptors (Lipinski definition) is 4. The number of aliphatic hydroxyl groups excluding tert-OH is 1. The number of rotatable bonds is 6. The molecule has 2 aliphatic heterocycles. The summed E-state index contributed by atoms with van der Waals surface area (Å²) in [6.07, 6.45) is 4.36. The average molecular weight is 374 g/mol. The zero-order valence-electron chi connectivity index (χ0n) is 16.9. The Morgan fingerprint density at radius 1 is 1.11 bits per heavy atom. The molecular formula is C22H35N3O2. The van der Waals surface area contributed by atoms with Gasteiger partial charge in [-0.25, -0.2) is 0 Å². The minimum atomic E-state index is -0.148. The van der Waals surface area contributed by atoms with E-state index in [0.717, 1.165) is 58.4 Å². The smallest absolute Gasteiger partial charge is 0.222 e. The predicted octanol–water partition coefficient (Wildman–Crippen LogP) is 3.34. The zero-order valence-corrected chi connectivity index (χ0v) is 16.9. The first kappa shape index (κ1) is 20.0. The SMILES string of the molecule is CC(C)CC(=O)N1CCC(CNc2ccccc2N2CCC(O)CC2)CC1. The third-order valence-corrected chi connectivity index (χ3v) is 5.84. The molecule has 3 rings (SSSR count). The normalized spacial score (nSPS) is 19.6. The summed E-state index contributed by atoms with van der Waals surface area (Å²) in [5.41, 5.74) is 2.43. The molecule has 27 heavy (non-hydrogen) atoms. The number of benzene rings is 1. The van der Waals surface area contributed by atoms with Gasteiger partial charge < -0.3 is 20.2 Å². The number of nitrogens with zero attached hydrogens (tertiary/aromatic N) is 2. The Kier molecular flexibility index (Phi) is 7.00. The van der Waals surface area contributed by atoms with Crippen LogP contribution in [0.15, 0.2) is 24.3 Å². The Labute approximate surface area is 163 Å². The van der Waals surface area contributed by atoms with Crippen molar-refractivity contribution in [3.63, 3.8) is 0 Å². The van der Waals surface area contributed by atoms with Gasteiger partial charge in [-0.1, -0.05) is 26.0 Å². The molecule has 2 aliphatic rings. The highest BCUT2D eigenvalue weighted by molar-refractivity contribution is 5.76. The molecule has 2 N–H and O–H groups in total. The number of para-hydroxylation sites is 2. The Morgan fingerprint density at radius 2 is 1.78 bits per heavy atom. The van der Waals surface area contributed by atoms with Gasteiger partial charge in [0.25, 0.3) is 0 Å². The van der Waals surface area contributed by atoms with Gasteiger partial charge in [0.05, 0.1) is 17.5 Å². The highest BCUT2D eigenvalue weighted by Gasteiger charge is 2.24. The van der Waals surface area contributed by atoms with Crippen molar-refractivity contribution in [2.45, 2.75) is 52.1 Å². The van der Waals surface area contributed by atoms with E-state index in [4.69, 9.17) is 0 Å². The summed E-state index contributed by atoms with van der Waals surface area (Å²) in [6, 6.07) is 8.50. The van der Waals surface area contributed by atoms with E-state index >= 15 is 0 Å². The molecule has 0 spiro atoms. The van der Waals surface area contributed by atoms with E-state index in [9.17, 15) is 9.90 Å². The number of carbonyl (C=O) groups excluding carboxylic acids is 1.